The van der Waals surface area contributed by atoms with Gasteiger partial charge in [-0.15, -0.1) is 4.99 Å². The first kappa shape index (κ1) is 22.4. The molecule has 170 valence electrons. The Balaban J connectivity index is 1.60. The van der Waals surface area contributed by atoms with Gasteiger partial charge in [-0.2, -0.15) is 5.26 Å². The number of hydrogen-bond acceptors (Lipinski definition) is 5. The van der Waals surface area contributed by atoms with E-state index in [1.54, 1.807) is 13.1 Å². The van der Waals surface area contributed by atoms with Crippen molar-refractivity contribution in [1.29, 1.82) is 5.26 Å². The Morgan fingerprint density at radius 1 is 1.18 bits per heavy atom. The molecule has 7 nitrogen and oxygen atoms in total. The molecule has 9 heteroatoms. The molecule has 0 amide bonds. The smallest absolute Gasteiger partial charge is 0.214 e. The molecule has 2 heterocycles. The number of benzene rings is 2. The number of halogens is 2. The van der Waals surface area contributed by atoms with Gasteiger partial charge in [-0.05, 0) is 36.6 Å². The minimum atomic E-state index is -0.959. The van der Waals surface area contributed by atoms with Crippen LogP contribution in [0.3, 0.4) is 0 Å². The third-order valence-corrected chi connectivity index (χ3v) is 5.89. The molecule has 2 aromatic carbocycles. The summed E-state index contributed by atoms with van der Waals surface area (Å²) in [6.07, 6.45) is 3.61. The molecule has 1 N–H and O–H groups in total. The van der Waals surface area contributed by atoms with Crippen molar-refractivity contribution < 1.29 is 8.78 Å². The van der Waals surface area contributed by atoms with Crippen LogP contribution in [0, 0.1) is 35.9 Å². The van der Waals surface area contributed by atoms with E-state index in [-0.39, 0.29) is 12.0 Å². The molecule has 1 fully saturated rings. The number of aliphatic imine (C=N–C) groups is 1. The molecule has 0 bridgehead atoms. The lowest BCUT2D eigenvalue weighted by atomic mass is 9.99. The molecule has 4 rings (SSSR count). The van der Waals surface area contributed by atoms with Gasteiger partial charge in [0.25, 0.3) is 0 Å². The summed E-state index contributed by atoms with van der Waals surface area (Å²) in [7, 11) is 0. The fraction of sp³-hybridized carbons (Fsp3) is 0.333. The molecule has 0 saturated carbocycles. The molecular weight excluding hydrogens is 424 g/mol. The van der Waals surface area contributed by atoms with E-state index in [9.17, 15) is 14.0 Å². The van der Waals surface area contributed by atoms with Gasteiger partial charge in [0, 0.05) is 31.4 Å². The van der Waals surface area contributed by atoms with Gasteiger partial charge < -0.3 is 15.1 Å². The Labute approximate surface area is 191 Å². The van der Waals surface area contributed by atoms with Crippen molar-refractivity contribution in [2.75, 3.05) is 29.9 Å². The molecule has 1 unspecified atom stereocenters. The summed E-state index contributed by atoms with van der Waals surface area (Å²) in [5.41, 5.74) is 2.56. The molecule has 1 aliphatic rings. The molecule has 0 radical (unpaired) electrons. The molecule has 1 aliphatic heterocycles. The molecule has 1 atom stereocenters. The normalized spacial score (nSPS) is 16.9. The SMILES string of the molecule is Cc1cc(F)c(F)cc1N/C(=N\C#N)N1CCN(c2cnc3ccccc3n2)CC1C(C)C. The van der Waals surface area contributed by atoms with Crippen LogP contribution >= 0.6 is 0 Å². The number of guanidine groups is 1. The Hall–Kier alpha value is -3.80. The van der Waals surface area contributed by atoms with Crippen LogP contribution in [-0.4, -0.2) is 46.5 Å². The van der Waals surface area contributed by atoms with E-state index < -0.39 is 11.6 Å². The maximum Gasteiger partial charge on any atom is 0.214 e. The number of hydrogen-bond donors (Lipinski definition) is 1. The third-order valence-electron chi connectivity index (χ3n) is 5.89. The summed E-state index contributed by atoms with van der Waals surface area (Å²) in [4.78, 5) is 17.5. The highest BCUT2D eigenvalue weighted by molar-refractivity contribution is 5.95. The number of aromatic nitrogens is 2. The molecule has 0 spiro atoms. The predicted octanol–water partition coefficient (Wildman–Crippen LogP) is 4.31. The second-order valence-corrected chi connectivity index (χ2v) is 8.41. The fourth-order valence-electron chi connectivity index (χ4n) is 4.06. The number of nitriles is 1. The number of aryl methyl sites for hydroxylation is 1. The van der Waals surface area contributed by atoms with Gasteiger partial charge >= 0.3 is 0 Å². The van der Waals surface area contributed by atoms with Crippen molar-refractivity contribution in [1.82, 2.24) is 14.9 Å². The van der Waals surface area contributed by atoms with Crippen LogP contribution in [0.1, 0.15) is 19.4 Å². The Morgan fingerprint density at radius 2 is 1.91 bits per heavy atom. The van der Waals surface area contributed by atoms with Gasteiger partial charge in [0.05, 0.1) is 23.3 Å². The summed E-state index contributed by atoms with van der Waals surface area (Å²) in [6.45, 7) is 7.71. The topological polar surface area (TPSA) is 80.4 Å². The summed E-state index contributed by atoms with van der Waals surface area (Å²) in [6, 6.07) is 9.94. The van der Waals surface area contributed by atoms with Gasteiger partial charge in [0.1, 0.15) is 5.82 Å². The lowest BCUT2D eigenvalue weighted by Gasteiger charge is -2.45. The quantitative estimate of drug-likeness (QED) is 0.365. The molecule has 3 aromatic rings. The molecule has 1 saturated heterocycles. The van der Waals surface area contributed by atoms with Crippen LogP contribution in [0.4, 0.5) is 20.3 Å². The number of nitrogens with one attached hydrogen (secondary N) is 1. The maximum atomic E-state index is 13.8. The highest BCUT2D eigenvalue weighted by Crippen LogP contribution is 2.25. The zero-order valence-corrected chi connectivity index (χ0v) is 18.8. The monoisotopic (exact) mass is 449 g/mol. The van der Waals surface area contributed by atoms with E-state index >= 15 is 0 Å². The minimum absolute atomic E-state index is 0.00257. The number of fused-ring (bicyclic) bond motifs is 1. The third kappa shape index (κ3) is 4.70. The zero-order chi connectivity index (χ0) is 23.5. The van der Waals surface area contributed by atoms with Crippen molar-refractivity contribution in [2.45, 2.75) is 26.8 Å². The minimum Gasteiger partial charge on any atom is -0.351 e. The summed E-state index contributed by atoms with van der Waals surface area (Å²) >= 11 is 0. The number of anilines is 2. The van der Waals surface area contributed by atoms with Crippen molar-refractivity contribution in [2.24, 2.45) is 10.9 Å². The van der Waals surface area contributed by atoms with Crippen LogP contribution in [-0.2, 0) is 0 Å². The molecule has 1 aromatic heterocycles. The number of piperazine rings is 1. The first-order valence-electron chi connectivity index (χ1n) is 10.8. The number of nitrogens with zero attached hydrogens (tertiary/aromatic N) is 6. The second kappa shape index (κ2) is 9.36. The van der Waals surface area contributed by atoms with E-state index in [0.717, 1.165) is 29.0 Å². The zero-order valence-electron chi connectivity index (χ0n) is 18.8. The van der Waals surface area contributed by atoms with E-state index in [0.29, 0.717) is 36.8 Å². The predicted molar refractivity (Wildman–Crippen MR) is 125 cm³/mol. The summed E-state index contributed by atoms with van der Waals surface area (Å²) in [5, 5.41) is 12.4. The largest absolute Gasteiger partial charge is 0.351 e. The Kier molecular flexibility index (Phi) is 6.36. The van der Waals surface area contributed by atoms with E-state index in [2.05, 4.69) is 34.0 Å². The van der Waals surface area contributed by atoms with Crippen molar-refractivity contribution >= 4 is 28.5 Å². The van der Waals surface area contributed by atoms with E-state index in [4.69, 9.17) is 4.98 Å². The van der Waals surface area contributed by atoms with Gasteiger partial charge in [-0.1, -0.05) is 26.0 Å². The highest BCUT2D eigenvalue weighted by atomic mass is 19.2. The molecular formula is C24H25F2N7. The van der Waals surface area contributed by atoms with Crippen LogP contribution in [0.2, 0.25) is 0 Å². The summed E-state index contributed by atoms with van der Waals surface area (Å²) < 4.78 is 27.4. The van der Waals surface area contributed by atoms with Crippen LogP contribution in [0.25, 0.3) is 11.0 Å². The fourth-order valence-corrected chi connectivity index (χ4v) is 4.06. The van der Waals surface area contributed by atoms with E-state index in [1.807, 2.05) is 35.4 Å². The molecule has 33 heavy (non-hydrogen) atoms. The second-order valence-electron chi connectivity index (χ2n) is 8.41. The first-order chi connectivity index (χ1) is 15.9. The first-order valence-corrected chi connectivity index (χ1v) is 10.8. The van der Waals surface area contributed by atoms with E-state index in [1.165, 1.54) is 0 Å². The van der Waals surface area contributed by atoms with Crippen LogP contribution < -0.4 is 10.2 Å². The summed E-state index contributed by atoms with van der Waals surface area (Å²) in [5.74, 6) is -0.545. The average molecular weight is 450 g/mol. The van der Waals surface area contributed by atoms with Gasteiger partial charge in [0.2, 0.25) is 12.2 Å². The van der Waals surface area contributed by atoms with Crippen molar-refractivity contribution in [3.8, 4) is 6.19 Å². The average Bonchev–Trinajstić information content (AvgIpc) is 2.81. The van der Waals surface area contributed by atoms with Gasteiger partial charge in [0.15, 0.2) is 11.6 Å². The van der Waals surface area contributed by atoms with Crippen molar-refractivity contribution in [3.05, 3.63) is 59.8 Å². The highest BCUT2D eigenvalue weighted by Gasteiger charge is 2.32. The standard InChI is InChI=1S/C24H25F2N7/c1-15(2)22-13-32(23-12-28-19-6-4-5-7-20(19)30-23)8-9-33(22)24(29-14-27)31-21-11-18(26)17(25)10-16(21)3/h4-7,10-12,15,22H,8-9,13H2,1-3H3,(H,29,31). The van der Waals surface area contributed by atoms with Crippen LogP contribution in [0.15, 0.2) is 47.6 Å². The lowest BCUT2D eigenvalue weighted by molar-refractivity contribution is 0.224. The van der Waals surface area contributed by atoms with Gasteiger partial charge in [-0.3, -0.25) is 4.98 Å². The van der Waals surface area contributed by atoms with Crippen LogP contribution in [0.5, 0.6) is 0 Å². The Bertz CT molecular complexity index is 1240. The molecule has 0 aliphatic carbocycles. The Morgan fingerprint density at radius 3 is 2.64 bits per heavy atom. The number of para-hydroxylation sites is 2. The van der Waals surface area contributed by atoms with Gasteiger partial charge in [-0.25, -0.2) is 13.8 Å². The lowest BCUT2D eigenvalue weighted by Crippen LogP contribution is -2.58. The number of rotatable bonds is 3. The maximum absolute atomic E-state index is 13.8. The van der Waals surface area contributed by atoms with Crippen molar-refractivity contribution in [3.63, 3.8) is 0 Å².